The van der Waals surface area contributed by atoms with Crippen LogP contribution in [0.3, 0.4) is 0 Å². The van der Waals surface area contributed by atoms with Gasteiger partial charge < -0.3 is 10.2 Å². The van der Waals surface area contributed by atoms with Crippen molar-refractivity contribution in [3.8, 4) is 5.82 Å². The summed E-state index contributed by atoms with van der Waals surface area (Å²) in [5.41, 5.74) is 1.09. The minimum Gasteiger partial charge on any atom is -0.324 e. The normalized spacial score (nSPS) is 16.3. The van der Waals surface area contributed by atoms with Gasteiger partial charge in [0.2, 0.25) is 21.8 Å². The predicted octanol–water partition coefficient (Wildman–Crippen LogP) is 2.29. The Balaban J connectivity index is 1.41. The van der Waals surface area contributed by atoms with Crippen molar-refractivity contribution >= 4 is 33.2 Å². The van der Waals surface area contributed by atoms with E-state index in [0.29, 0.717) is 30.3 Å². The van der Waals surface area contributed by atoms with Crippen molar-refractivity contribution in [3.05, 3.63) is 61.3 Å². The molecule has 1 aromatic carbocycles. The van der Waals surface area contributed by atoms with Crippen LogP contribution in [-0.2, 0) is 19.6 Å². The number of hydrogen-bond acceptors (Lipinski definition) is 6. The van der Waals surface area contributed by atoms with Crippen molar-refractivity contribution in [2.75, 3.05) is 29.9 Å². The number of aromatic nitrogens is 3. The van der Waals surface area contributed by atoms with Crippen molar-refractivity contribution in [1.29, 1.82) is 0 Å². The molecule has 2 aromatic heterocycles. The second-order valence-corrected chi connectivity index (χ2v) is 9.79. The Hall–Kier alpha value is -3.57. The molecule has 11 heteroatoms. The van der Waals surface area contributed by atoms with Crippen molar-refractivity contribution in [2.24, 2.45) is 5.92 Å². The fourth-order valence-corrected chi connectivity index (χ4v) is 5.35. The molecule has 1 aliphatic rings. The summed E-state index contributed by atoms with van der Waals surface area (Å²) in [6.07, 6.45) is 6.68. The molecule has 1 unspecified atom stereocenters. The first-order valence-electron chi connectivity index (χ1n) is 11.0. The second-order valence-electron chi connectivity index (χ2n) is 7.85. The number of amides is 2. The number of anilines is 2. The third kappa shape index (κ3) is 4.70. The Morgan fingerprint density at radius 3 is 2.47 bits per heavy atom. The number of sulfonamides is 1. The van der Waals surface area contributed by atoms with E-state index in [4.69, 9.17) is 0 Å². The van der Waals surface area contributed by atoms with Crippen LogP contribution in [0.5, 0.6) is 0 Å². The van der Waals surface area contributed by atoms with Gasteiger partial charge in [0.25, 0.3) is 0 Å². The first-order chi connectivity index (χ1) is 16.3. The Morgan fingerprint density at radius 2 is 1.88 bits per heavy atom. The van der Waals surface area contributed by atoms with Crippen LogP contribution in [-0.4, -0.2) is 58.7 Å². The maximum Gasteiger partial charge on any atom is 0.243 e. The number of carbonyl (C=O) groups is 2. The highest BCUT2D eigenvalue weighted by Crippen LogP contribution is 2.28. The van der Waals surface area contributed by atoms with Gasteiger partial charge in [-0.3, -0.25) is 14.2 Å². The van der Waals surface area contributed by atoms with Gasteiger partial charge in [0, 0.05) is 44.1 Å². The van der Waals surface area contributed by atoms with Gasteiger partial charge in [-0.05, 0) is 36.4 Å². The molecule has 1 N–H and O–H groups in total. The van der Waals surface area contributed by atoms with Crippen LogP contribution in [0.1, 0.15) is 20.3 Å². The van der Waals surface area contributed by atoms with Crippen molar-refractivity contribution in [2.45, 2.75) is 25.2 Å². The lowest BCUT2D eigenvalue weighted by Gasteiger charge is -2.20. The van der Waals surface area contributed by atoms with Crippen LogP contribution in [0.4, 0.5) is 11.4 Å². The highest BCUT2D eigenvalue weighted by atomic mass is 32.2. The molecule has 0 aliphatic carbocycles. The largest absolute Gasteiger partial charge is 0.324 e. The number of carbonyl (C=O) groups excluding carboxylic acids is 2. The molecule has 1 aliphatic heterocycles. The number of nitrogens with one attached hydrogen (secondary N) is 1. The Labute approximate surface area is 198 Å². The number of hydrogen-bond donors (Lipinski definition) is 1. The summed E-state index contributed by atoms with van der Waals surface area (Å²) in [5, 5.41) is 2.81. The summed E-state index contributed by atoms with van der Waals surface area (Å²) >= 11 is 0. The van der Waals surface area contributed by atoms with Crippen molar-refractivity contribution < 1.29 is 18.0 Å². The highest BCUT2D eigenvalue weighted by molar-refractivity contribution is 7.89. The van der Waals surface area contributed by atoms with Gasteiger partial charge in [-0.25, -0.2) is 18.4 Å². The van der Waals surface area contributed by atoms with Gasteiger partial charge in [-0.2, -0.15) is 4.31 Å². The fourth-order valence-electron chi connectivity index (χ4n) is 3.90. The smallest absolute Gasteiger partial charge is 0.243 e. The lowest BCUT2D eigenvalue weighted by molar-refractivity contribution is -0.122. The molecule has 1 fully saturated rings. The minimum atomic E-state index is -3.58. The minimum absolute atomic E-state index is 0.0753. The lowest BCUT2D eigenvalue weighted by atomic mass is 10.1. The summed E-state index contributed by atoms with van der Waals surface area (Å²) in [5.74, 6) is -0.314. The molecular weight excluding hydrogens is 456 g/mol. The maximum absolute atomic E-state index is 12.8. The van der Waals surface area contributed by atoms with Crippen molar-refractivity contribution in [3.63, 3.8) is 0 Å². The van der Waals surface area contributed by atoms with Crippen LogP contribution in [0.25, 0.3) is 5.82 Å². The van der Waals surface area contributed by atoms with E-state index in [0.717, 1.165) is 0 Å². The monoisotopic (exact) mass is 482 g/mol. The maximum atomic E-state index is 12.8. The summed E-state index contributed by atoms with van der Waals surface area (Å²) in [4.78, 5) is 35.3. The summed E-state index contributed by atoms with van der Waals surface area (Å²) in [7, 11) is -3.58. The first kappa shape index (κ1) is 23.6. The zero-order valence-corrected chi connectivity index (χ0v) is 19.8. The van der Waals surface area contributed by atoms with E-state index in [2.05, 4.69) is 15.3 Å². The molecule has 10 nitrogen and oxygen atoms in total. The number of pyridine rings is 1. The lowest BCUT2D eigenvalue weighted by Crippen LogP contribution is -2.31. The topological polar surface area (TPSA) is 118 Å². The summed E-state index contributed by atoms with van der Waals surface area (Å²) < 4.78 is 28.5. The molecule has 1 saturated heterocycles. The van der Waals surface area contributed by atoms with E-state index < -0.39 is 15.9 Å². The molecule has 3 aromatic rings. The molecule has 4 rings (SSSR count). The zero-order chi connectivity index (χ0) is 24.3. The molecule has 0 saturated carbocycles. The predicted molar refractivity (Wildman–Crippen MR) is 127 cm³/mol. The molecule has 0 spiro atoms. The standard InChI is InChI=1S/C23H26N6O4S/c1-3-28(4-2)34(32,33)20-8-6-19(7-9-20)29-15-17(13-22(29)30)23(31)26-18-5-10-21(25-14-18)27-12-11-24-16-27/h5-12,14,16-17H,3-4,13,15H2,1-2H3,(H,26,31). The SMILES string of the molecule is CCN(CC)S(=O)(=O)c1ccc(N2CC(C(=O)Nc3ccc(-n4ccnc4)nc3)CC2=O)cc1. The van der Waals surface area contributed by atoms with Gasteiger partial charge in [0.15, 0.2) is 0 Å². The highest BCUT2D eigenvalue weighted by Gasteiger charge is 2.35. The Bertz CT molecular complexity index is 1250. The van der Waals surface area contributed by atoms with Crippen molar-refractivity contribution in [1.82, 2.24) is 18.8 Å². The molecule has 0 radical (unpaired) electrons. The molecule has 1 atom stereocenters. The number of nitrogens with zero attached hydrogens (tertiary/aromatic N) is 5. The second kappa shape index (κ2) is 9.74. The van der Waals surface area contributed by atoms with E-state index in [1.807, 2.05) is 0 Å². The number of rotatable bonds is 8. The van der Waals surface area contributed by atoms with Crippen LogP contribution in [0.2, 0.25) is 0 Å². The number of benzene rings is 1. The van der Waals surface area contributed by atoms with Gasteiger partial charge in [-0.1, -0.05) is 13.8 Å². The molecule has 178 valence electrons. The van der Waals surface area contributed by atoms with Crippen LogP contribution < -0.4 is 10.2 Å². The quantitative estimate of drug-likeness (QED) is 0.526. The third-order valence-corrected chi connectivity index (χ3v) is 7.84. The van der Waals surface area contributed by atoms with Gasteiger partial charge in [0.05, 0.1) is 22.7 Å². The molecule has 34 heavy (non-hydrogen) atoms. The van der Waals surface area contributed by atoms with E-state index in [1.165, 1.54) is 21.3 Å². The van der Waals surface area contributed by atoms with Crippen LogP contribution in [0, 0.1) is 5.92 Å². The Morgan fingerprint density at radius 1 is 1.15 bits per heavy atom. The average Bonchev–Trinajstić information content (AvgIpc) is 3.50. The molecule has 2 amide bonds. The molecular formula is C23H26N6O4S. The van der Waals surface area contributed by atoms with Gasteiger partial charge >= 0.3 is 0 Å². The van der Waals surface area contributed by atoms with E-state index in [9.17, 15) is 18.0 Å². The van der Waals surface area contributed by atoms with Gasteiger partial charge in [-0.15, -0.1) is 0 Å². The number of imidazole rings is 1. The van der Waals surface area contributed by atoms with Gasteiger partial charge in [0.1, 0.15) is 12.1 Å². The van der Waals surface area contributed by atoms with Crippen LogP contribution >= 0.6 is 0 Å². The Kier molecular flexibility index (Phi) is 6.75. The molecule has 0 bridgehead atoms. The summed E-state index contributed by atoms with van der Waals surface area (Å²) in [6, 6.07) is 9.70. The van der Waals surface area contributed by atoms with E-state index in [1.54, 1.807) is 67.6 Å². The first-order valence-corrected chi connectivity index (χ1v) is 12.4. The summed E-state index contributed by atoms with van der Waals surface area (Å²) in [6.45, 7) is 4.54. The zero-order valence-electron chi connectivity index (χ0n) is 19.0. The van der Waals surface area contributed by atoms with Crippen LogP contribution in [0.15, 0.2) is 66.2 Å². The average molecular weight is 483 g/mol. The van der Waals surface area contributed by atoms with E-state index in [-0.39, 0.29) is 29.7 Å². The molecule has 3 heterocycles. The van der Waals surface area contributed by atoms with E-state index >= 15 is 0 Å². The third-order valence-electron chi connectivity index (χ3n) is 5.77. The fraction of sp³-hybridized carbons (Fsp3) is 0.304.